The Labute approximate surface area is 177 Å². The zero-order valence-electron chi connectivity index (χ0n) is 17.5. The van der Waals surface area contributed by atoms with E-state index in [4.69, 9.17) is 4.98 Å². The van der Waals surface area contributed by atoms with Crippen LogP contribution in [0.15, 0.2) is 54.7 Å². The molecule has 5 nitrogen and oxygen atoms in total. The topological polar surface area (TPSA) is 58.1 Å². The molecule has 0 unspecified atom stereocenters. The van der Waals surface area contributed by atoms with Crippen LogP contribution in [0.4, 0.5) is 5.95 Å². The molecule has 1 aliphatic carbocycles. The number of likely N-dealkylation sites (tertiary alicyclic amines) is 1. The van der Waals surface area contributed by atoms with Gasteiger partial charge in [0.25, 0.3) is 5.91 Å². The Balaban J connectivity index is 1.43. The Morgan fingerprint density at radius 1 is 1.07 bits per heavy atom. The number of nitrogens with zero attached hydrogens (tertiary/aromatic N) is 3. The highest BCUT2D eigenvalue weighted by molar-refractivity contribution is 5.94. The quantitative estimate of drug-likeness (QED) is 0.702. The van der Waals surface area contributed by atoms with Crippen molar-refractivity contribution in [2.45, 2.75) is 31.6 Å². The first kappa shape index (κ1) is 18.8. The summed E-state index contributed by atoms with van der Waals surface area (Å²) in [6, 6.07) is 16.5. The summed E-state index contributed by atoms with van der Waals surface area (Å²) in [6.45, 7) is 3.58. The minimum absolute atomic E-state index is 0.0399. The molecule has 0 saturated carbocycles. The van der Waals surface area contributed by atoms with Crippen molar-refractivity contribution in [2.75, 3.05) is 25.5 Å². The number of aromatic nitrogens is 2. The summed E-state index contributed by atoms with van der Waals surface area (Å²) in [5, 5.41) is 3.05. The van der Waals surface area contributed by atoms with Crippen molar-refractivity contribution >= 4 is 11.9 Å². The molecule has 1 amide bonds. The number of hydrogen-bond acceptors (Lipinski definition) is 4. The van der Waals surface area contributed by atoms with Crippen LogP contribution < -0.4 is 5.32 Å². The van der Waals surface area contributed by atoms with Gasteiger partial charge in [0, 0.05) is 42.9 Å². The van der Waals surface area contributed by atoms with Gasteiger partial charge in [0.2, 0.25) is 5.95 Å². The Hall–Kier alpha value is -3.21. The van der Waals surface area contributed by atoms with Crippen LogP contribution in [0.2, 0.25) is 0 Å². The minimum atomic E-state index is 0.0399. The third kappa shape index (κ3) is 3.05. The highest BCUT2D eigenvalue weighted by Gasteiger charge is 2.42. The van der Waals surface area contributed by atoms with E-state index in [1.165, 1.54) is 22.3 Å². The summed E-state index contributed by atoms with van der Waals surface area (Å²) >= 11 is 0. The van der Waals surface area contributed by atoms with Crippen molar-refractivity contribution in [1.82, 2.24) is 14.9 Å². The van der Waals surface area contributed by atoms with E-state index < -0.39 is 0 Å². The van der Waals surface area contributed by atoms with E-state index in [1.54, 1.807) is 0 Å². The Bertz CT molecular complexity index is 1100. The van der Waals surface area contributed by atoms with E-state index in [9.17, 15) is 4.79 Å². The molecule has 1 spiro atoms. The fourth-order valence-electron chi connectivity index (χ4n) is 4.96. The van der Waals surface area contributed by atoms with E-state index in [-0.39, 0.29) is 11.3 Å². The Morgan fingerprint density at radius 2 is 1.80 bits per heavy atom. The number of amides is 1. The molecule has 2 heterocycles. The molecular formula is C25H26N4O. The van der Waals surface area contributed by atoms with E-state index in [0.717, 1.165) is 43.6 Å². The number of fused-ring (bicyclic) bond motifs is 4. The SMILES string of the molecule is CNc1ncc2c(n1)-c1ccccc1C1(CCN(C(=O)c3ccc(C)cc3)CC1)C2. The predicted octanol–water partition coefficient (Wildman–Crippen LogP) is 4.22. The largest absolute Gasteiger partial charge is 0.357 e. The summed E-state index contributed by atoms with van der Waals surface area (Å²) in [5.74, 6) is 0.786. The van der Waals surface area contributed by atoms with Crippen LogP contribution >= 0.6 is 0 Å². The van der Waals surface area contributed by atoms with E-state index in [1.807, 2.05) is 49.3 Å². The smallest absolute Gasteiger partial charge is 0.253 e. The van der Waals surface area contributed by atoms with Gasteiger partial charge in [-0.2, -0.15) is 0 Å². The average molecular weight is 399 g/mol. The second-order valence-corrected chi connectivity index (χ2v) is 8.48. The maximum atomic E-state index is 13.0. The number of carbonyl (C=O) groups excluding carboxylic acids is 1. The van der Waals surface area contributed by atoms with Crippen LogP contribution in [-0.4, -0.2) is 40.9 Å². The van der Waals surface area contributed by atoms with Gasteiger partial charge in [-0.25, -0.2) is 9.97 Å². The standard InChI is InChI=1S/C25H26N4O/c1-17-7-9-18(10-8-17)23(30)29-13-11-25(12-14-29)15-19-16-27-24(26-2)28-22(19)20-5-3-4-6-21(20)25/h3-10,16H,11-15H2,1-2H3,(H,26,27,28). The monoisotopic (exact) mass is 398 g/mol. The fourth-order valence-corrected chi connectivity index (χ4v) is 4.96. The fraction of sp³-hybridized carbons (Fsp3) is 0.320. The van der Waals surface area contributed by atoms with E-state index in [0.29, 0.717) is 5.95 Å². The number of rotatable bonds is 2. The van der Waals surface area contributed by atoms with Crippen LogP contribution in [0.1, 0.15) is 39.9 Å². The van der Waals surface area contributed by atoms with Gasteiger partial charge in [0.15, 0.2) is 0 Å². The normalized spacial score (nSPS) is 16.7. The first-order chi connectivity index (χ1) is 14.6. The molecular weight excluding hydrogens is 372 g/mol. The summed E-state index contributed by atoms with van der Waals surface area (Å²) in [4.78, 5) is 24.2. The maximum Gasteiger partial charge on any atom is 0.253 e. The molecule has 1 fully saturated rings. The number of carbonyl (C=O) groups is 1. The summed E-state index contributed by atoms with van der Waals surface area (Å²) in [5.41, 5.74) is 6.79. The van der Waals surface area contributed by atoms with Gasteiger partial charge in [-0.3, -0.25) is 4.79 Å². The molecule has 5 heteroatoms. The predicted molar refractivity (Wildman–Crippen MR) is 119 cm³/mol. The van der Waals surface area contributed by atoms with Crippen molar-refractivity contribution in [3.63, 3.8) is 0 Å². The molecule has 2 aliphatic rings. The molecule has 1 aliphatic heterocycles. The summed E-state index contributed by atoms with van der Waals surface area (Å²) in [7, 11) is 1.85. The van der Waals surface area contributed by atoms with Crippen LogP contribution in [0.5, 0.6) is 0 Å². The highest BCUT2D eigenvalue weighted by atomic mass is 16.2. The lowest BCUT2D eigenvalue weighted by Gasteiger charge is -2.45. The molecule has 0 atom stereocenters. The van der Waals surface area contributed by atoms with Crippen molar-refractivity contribution in [3.8, 4) is 11.3 Å². The molecule has 2 aromatic carbocycles. The molecule has 30 heavy (non-hydrogen) atoms. The van der Waals surface area contributed by atoms with Gasteiger partial charge >= 0.3 is 0 Å². The Kier molecular flexibility index (Phi) is 4.54. The molecule has 1 aromatic heterocycles. The molecule has 5 rings (SSSR count). The molecule has 1 saturated heterocycles. The summed E-state index contributed by atoms with van der Waals surface area (Å²) < 4.78 is 0. The number of hydrogen-bond donors (Lipinski definition) is 1. The lowest BCUT2D eigenvalue weighted by Crippen LogP contribution is -2.47. The number of anilines is 1. The second kappa shape index (κ2) is 7.24. The van der Waals surface area contributed by atoms with Crippen LogP contribution in [0.25, 0.3) is 11.3 Å². The van der Waals surface area contributed by atoms with Crippen LogP contribution in [0.3, 0.4) is 0 Å². The van der Waals surface area contributed by atoms with Gasteiger partial charge in [0.05, 0.1) is 5.69 Å². The first-order valence-corrected chi connectivity index (χ1v) is 10.6. The van der Waals surface area contributed by atoms with Gasteiger partial charge in [-0.1, -0.05) is 42.0 Å². The number of nitrogens with one attached hydrogen (secondary N) is 1. The highest BCUT2D eigenvalue weighted by Crippen LogP contribution is 2.48. The van der Waals surface area contributed by atoms with Crippen molar-refractivity contribution < 1.29 is 4.79 Å². The van der Waals surface area contributed by atoms with Gasteiger partial charge in [-0.05, 0) is 49.4 Å². The van der Waals surface area contributed by atoms with Gasteiger partial charge in [-0.15, -0.1) is 0 Å². The molecule has 0 radical (unpaired) electrons. The van der Waals surface area contributed by atoms with Crippen molar-refractivity contribution in [3.05, 3.63) is 77.0 Å². The lowest BCUT2D eigenvalue weighted by atomic mass is 9.64. The van der Waals surface area contributed by atoms with E-state index >= 15 is 0 Å². The van der Waals surface area contributed by atoms with Crippen LogP contribution in [-0.2, 0) is 11.8 Å². The minimum Gasteiger partial charge on any atom is -0.357 e. The second-order valence-electron chi connectivity index (χ2n) is 8.48. The Morgan fingerprint density at radius 3 is 2.53 bits per heavy atom. The molecule has 0 bridgehead atoms. The van der Waals surface area contributed by atoms with Crippen molar-refractivity contribution in [1.29, 1.82) is 0 Å². The number of piperidine rings is 1. The first-order valence-electron chi connectivity index (χ1n) is 10.6. The zero-order valence-corrected chi connectivity index (χ0v) is 17.5. The summed E-state index contributed by atoms with van der Waals surface area (Å²) in [6.07, 6.45) is 4.80. The average Bonchev–Trinajstić information content (AvgIpc) is 2.80. The van der Waals surface area contributed by atoms with Crippen LogP contribution in [0, 0.1) is 6.92 Å². The molecule has 1 N–H and O–H groups in total. The third-order valence-corrected chi connectivity index (χ3v) is 6.68. The number of benzene rings is 2. The van der Waals surface area contributed by atoms with Gasteiger partial charge < -0.3 is 10.2 Å². The van der Waals surface area contributed by atoms with Gasteiger partial charge in [0.1, 0.15) is 0 Å². The maximum absolute atomic E-state index is 13.0. The third-order valence-electron chi connectivity index (χ3n) is 6.68. The molecule has 152 valence electrons. The van der Waals surface area contributed by atoms with E-state index in [2.05, 4.69) is 34.6 Å². The van der Waals surface area contributed by atoms with Crippen molar-refractivity contribution in [2.24, 2.45) is 0 Å². The lowest BCUT2D eigenvalue weighted by molar-refractivity contribution is 0.0664. The number of aryl methyl sites for hydroxylation is 1. The molecule has 3 aromatic rings. The zero-order chi connectivity index (χ0) is 20.7.